The lowest BCUT2D eigenvalue weighted by molar-refractivity contribution is -0.134. The fraction of sp³-hybridized carbons (Fsp3) is 0.909. The number of piperazine rings is 1. The van der Waals surface area contributed by atoms with Crippen molar-refractivity contribution in [3.8, 4) is 0 Å². The van der Waals surface area contributed by atoms with Crippen molar-refractivity contribution in [3.05, 3.63) is 0 Å². The lowest BCUT2D eigenvalue weighted by atomic mass is 10.1. The van der Waals surface area contributed by atoms with Crippen molar-refractivity contribution >= 4 is 5.91 Å². The molecule has 15 heavy (non-hydrogen) atoms. The predicted octanol–water partition coefficient (Wildman–Crippen LogP) is 0.575. The lowest BCUT2D eigenvalue weighted by Crippen LogP contribution is -2.58. The summed E-state index contributed by atoms with van der Waals surface area (Å²) in [7, 11) is 0. The number of carbonyl (C=O) groups excluding carboxylic acids is 1. The molecule has 2 heterocycles. The molecule has 1 atom stereocenters. The highest BCUT2D eigenvalue weighted by molar-refractivity contribution is 5.73. The van der Waals surface area contributed by atoms with Gasteiger partial charge in [0.2, 0.25) is 5.91 Å². The fourth-order valence-corrected chi connectivity index (χ4v) is 2.03. The van der Waals surface area contributed by atoms with Gasteiger partial charge < -0.3 is 9.64 Å². The predicted molar refractivity (Wildman–Crippen MR) is 59.8 cm³/mol. The van der Waals surface area contributed by atoms with Crippen molar-refractivity contribution in [3.63, 3.8) is 0 Å². The summed E-state index contributed by atoms with van der Waals surface area (Å²) in [5, 5.41) is 0. The van der Waals surface area contributed by atoms with E-state index in [2.05, 4.69) is 4.90 Å². The number of morpholine rings is 1. The summed E-state index contributed by atoms with van der Waals surface area (Å²) in [4.78, 5) is 15.5. The summed E-state index contributed by atoms with van der Waals surface area (Å²) in [5.41, 5.74) is 0. The highest BCUT2D eigenvalue weighted by atomic mass is 16.5. The van der Waals surface area contributed by atoms with E-state index in [0.29, 0.717) is 6.04 Å². The maximum Gasteiger partial charge on any atom is 0.219 e. The zero-order valence-corrected chi connectivity index (χ0v) is 10.0. The molecule has 1 amide bonds. The molecule has 2 aliphatic rings. The summed E-state index contributed by atoms with van der Waals surface area (Å²) in [6, 6.07) is 0.436. The van der Waals surface area contributed by atoms with Crippen LogP contribution in [0.3, 0.4) is 0 Å². The second kappa shape index (κ2) is 6.08. The highest BCUT2D eigenvalue weighted by Gasteiger charge is 2.30. The molecule has 0 spiro atoms. The number of ether oxygens (including phenoxy) is 1. The Morgan fingerprint density at radius 3 is 2.67 bits per heavy atom. The molecule has 2 rings (SSSR count). The molecule has 0 radical (unpaired) electrons. The lowest BCUT2D eigenvalue weighted by Gasteiger charge is -2.43. The van der Waals surface area contributed by atoms with Crippen LogP contribution >= 0.6 is 0 Å². The fourth-order valence-electron chi connectivity index (χ4n) is 2.03. The Labute approximate surface area is 92.2 Å². The summed E-state index contributed by atoms with van der Waals surface area (Å²) < 4.78 is 5.39. The minimum atomic E-state index is 0.185. The van der Waals surface area contributed by atoms with Gasteiger partial charge >= 0.3 is 0 Å². The quantitative estimate of drug-likeness (QED) is 0.591. The van der Waals surface area contributed by atoms with E-state index in [0.717, 1.165) is 39.4 Å². The molecule has 0 aromatic carbocycles. The van der Waals surface area contributed by atoms with Crippen molar-refractivity contribution in [2.45, 2.75) is 26.8 Å². The average Bonchev–Trinajstić information content (AvgIpc) is 2.31. The van der Waals surface area contributed by atoms with Crippen molar-refractivity contribution in [1.29, 1.82) is 0 Å². The van der Waals surface area contributed by atoms with E-state index < -0.39 is 0 Å². The van der Waals surface area contributed by atoms with Crippen molar-refractivity contribution in [2.75, 3.05) is 39.4 Å². The van der Waals surface area contributed by atoms with Gasteiger partial charge in [0, 0.05) is 33.1 Å². The van der Waals surface area contributed by atoms with Crippen molar-refractivity contribution in [1.82, 2.24) is 9.80 Å². The van der Waals surface area contributed by atoms with Crippen molar-refractivity contribution in [2.24, 2.45) is 0 Å². The van der Waals surface area contributed by atoms with Crippen LogP contribution in [-0.2, 0) is 9.53 Å². The van der Waals surface area contributed by atoms with Crippen LogP contribution in [0.1, 0.15) is 20.8 Å². The Morgan fingerprint density at radius 2 is 2.00 bits per heavy atom. The first-order valence-electron chi connectivity index (χ1n) is 5.84. The maximum atomic E-state index is 11.1. The molecule has 0 bridgehead atoms. The second-order valence-corrected chi connectivity index (χ2v) is 3.73. The molecule has 4 nitrogen and oxygen atoms in total. The van der Waals surface area contributed by atoms with Gasteiger partial charge in [0.15, 0.2) is 0 Å². The zero-order valence-electron chi connectivity index (χ0n) is 10.0. The molecule has 0 aromatic rings. The number of fused-ring (bicyclic) bond motifs is 1. The van der Waals surface area contributed by atoms with Gasteiger partial charge in [-0.1, -0.05) is 13.8 Å². The SMILES string of the molecule is CC.CC(=O)N1CCN2CCOCC2C1. The number of amides is 1. The number of hydrogen-bond acceptors (Lipinski definition) is 3. The van der Waals surface area contributed by atoms with E-state index in [1.807, 2.05) is 18.7 Å². The molecule has 1 unspecified atom stereocenters. The van der Waals surface area contributed by atoms with Gasteiger partial charge in [-0.2, -0.15) is 0 Å². The standard InChI is InChI=1S/C9H16N2O2.C2H6/c1-8(12)11-3-2-10-4-5-13-7-9(10)6-11;1-2/h9H,2-7H2,1H3;1-2H3. The van der Waals surface area contributed by atoms with Gasteiger partial charge in [-0.05, 0) is 0 Å². The molecular formula is C11H22N2O2. The molecule has 2 fully saturated rings. The number of hydrogen-bond donors (Lipinski definition) is 0. The van der Waals surface area contributed by atoms with Crippen LogP contribution in [-0.4, -0.2) is 61.1 Å². The normalized spacial score (nSPS) is 26.3. The van der Waals surface area contributed by atoms with Gasteiger partial charge in [0.05, 0.1) is 19.3 Å². The third kappa shape index (κ3) is 3.18. The molecule has 2 aliphatic heterocycles. The first-order valence-corrected chi connectivity index (χ1v) is 5.84. The minimum Gasteiger partial charge on any atom is -0.378 e. The van der Waals surface area contributed by atoms with Crippen LogP contribution in [0.5, 0.6) is 0 Å². The summed E-state index contributed by atoms with van der Waals surface area (Å²) >= 11 is 0. The van der Waals surface area contributed by atoms with Crippen LogP contribution in [0.4, 0.5) is 0 Å². The number of rotatable bonds is 0. The topological polar surface area (TPSA) is 32.8 Å². The number of carbonyl (C=O) groups is 1. The Kier molecular flexibility index (Phi) is 5.05. The first-order chi connectivity index (χ1) is 7.27. The third-order valence-electron chi connectivity index (χ3n) is 2.88. The van der Waals surface area contributed by atoms with Crippen LogP contribution in [0, 0.1) is 0 Å². The molecule has 0 saturated carbocycles. The Hall–Kier alpha value is -0.610. The largest absolute Gasteiger partial charge is 0.378 e. The molecule has 4 heteroatoms. The van der Waals surface area contributed by atoms with Crippen LogP contribution in [0.2, 0.25) is 0 Å². The van der Waals surface area contributed by atoms with Gasteiger partial charge in [0.1, 0.15) is 0 Å². The second-order valence-electron chi connectivity index (χ2n) is 3.73. The van der Waals surface area contributed by atoms with Gasteiger partial charge in [0.25, 0.3) is 0 Å². The molecule has 88 valence electrons. The van der Waals surface area contributed by atoms with Crippen LogP contribution < -0.4 is 0 Å². The number of nitrogens with zero attached hydrogens (tertiary/aromatic N) is 2. The van der Waals surface area contributed by atoms with Gasteiger partial charge in [-0.15, -0.1) is 0 Å². The smallest absolute Gasteiger partial charge is 0.219 e. The Bertz CT molecular complexity index is 209. The molecular weight excluding hydrogens is 192 g/mol. The van der Waals surface area contributed by atoms with E-state index >= 15 is 0 Å². The molecule has 0 aromatic heterocycles. The van der Waals surface area contributed by atoms with Crippen molar-refractivity contribution < 1.29 is 9.53 Å². The minimum absolute atomic E-state index is 0.185. The summed E-state index contributed by atoms with van der Waals surface area (Å²) in [6.07, 6.45) is 0. The Balaban J connectivity index is 0.000000531. The highest BCUT2D eigenvalue weighted by Crippen LogP contribution is 2.13. The van der Waals surface area contributed by atoms with Gasteiger partial charge in [-0.25, -0.2) is 0 Å². The summed E-state index contributed by atoms with van der Waals surface area (Å²) in [5.74, 6) is 0.185. The Morgan fingerprint density at radius 1 is 1.27 bits per heavy atom. The van der Waals surface area contributed by atoms with E-state index in [9.17, 15) is 4.79 Å². The van der Waals surface area contributed by atoms with E-state index in [4.69, 9.17) is 4.74 Å². The molecule has 0 aliphatic carbocycles. The maximum absolute atomic E-state index is 11.1. The third-order valence-corrected chi connectivity index (χ3v) is 2.88. The van der Waals surface area contributed by atoms with Crippen LogP contribution in [0.25, 0.3) is 0 Å². The molecule has 2 saturated heterocycles. The monoisotopic (exact) mass is 214 g/mol. The van der Waals surface area contributed by atoms with Crippen LogP contribution in [0.15, 0.2) is 0 Å². The van der Waals surface area contributed by atoms with Gasteiger partial charge in [-0.3, -0.25) is 9.69 Å². The van der Waals surface area contributed by atoms with E-state index in [1.54, 1.807) is 6.92 Å². The zero-order chi connectivity index (χ0) is 11.3. The average molecular weight is 214 g/mol. The van der Waals surface area contributed by atoms with E-state index in [1.165, 1.54) is 0 Å². The summed E-state index contributed by atoms with van der Waals surface area (Å²) in [6.45, 7) is 11.0. The first kappa shape index (κ1) is 12.5. The van der Waals surface area contributed by atoms with E-state index in [-0.39, 0.29) is 5.91 Å². The molecule has 0 N–H and O–H groups in total.